The molecule has 3 heteroatoms. The number of benzene rings is 4. The average Bonchev–Trinajstić information content (AvgIpc) is 3.24. The third-order valence-electron chi connectivity index (χ3n) is 6.91. The first-order valence-corrected chi connectivity index (χ1v) is 12.5. The molecule has 6 aromatic rings. The predicted octanol–water partition coefficient (Wildman–Crippen LogP) is 9.07. The largest absolute Gasteiger partial charge is 0.452 e. The molecule has 0 fully saturated rings. The molecule has 2 aromatic heterocycles. The van der Waals surface area contributed by atoms with E-state index < -0.39 is 0 Å². The summed E-state index contributed by atoms with van der Waals surface area (Å²) in [5.74, 6) is 0. The van der Waals surface area contributed by atoms with Crippen molar-refractivity contribution in [3.63, 3.8) is 0 Å². The standard InChI is InChI=1S/C33H30N2O/c1-20-16-22(18-33(3,4)5)10-13-26(20)27-14-15-28-30-32(36-31(28)21(27)2)29(34-19-35-30)25-12-11-23-8-6-7-9-24(23)17-25/h6-17,19H,18H2,1-5H3/i11D. The van der Waals surface area contributed by atoms with E-state index >= 15 is 0 Å². The molecule has 0 saturated carbocycles. The molecule has 0 amide bonds. The SMILES string of the molecule is [2H]c1cc(-c2ncnc3c2oc2c(C)c(-c4ccc(CC(C)(C)C)cc4C)ccc23)cc2ccccc12. The van der Waals surface area contributed by atoms with Crippen molar-refractivity contribution in [1.82, 2.24) is 9.97 Å². The maximum absolute atomic E-state index is 8.54. The molecule has 3 nitrogen and oxygen atoms in total. The van der Waals surface area contributed by atoms with Crippen molar-refractivity contribution >= 4 is 32.8 Å². The highest BCUT2D eigenvalue weighted by Gasteiger charge is 2.19. The summed E-state index contributed by atoms with van der Waals surface area (Å²) in [4.78, 5) is 9.19. The van der Waals surface area contributed by atoms with Gasteiger partial charge in [0.15, 0.2) is 5.58 Å². The molecule has 178 valence electrons. The number of rotatable bonds is 3. The van der Waals surface area contributed by atoms with E-state index in [1.807, 2.05) is 30.3 Å². The third kappa shape index (κ3) is 3.85. The maximum Gasteiger partial charge on any atom is 0.180 e. The summed E-state index contributed by atoms with van der Waals surface area (Å²) in [5.41, 5.74) is 10.2. The molecule has 0 N–H and O–H groups in total. The van der Waals surface area contributed by atoms with Gasteiger partial charge in [-0.15, -0.1) is 0 Å². The van der Waals surface area contributed by atoms with Crippen LogP contribution in [0, 0.1) is 19.3 Å². The van der Waals surface area contributed by atoms with Gasteiger partial charge in [-0.05, 0) is 70.8 Å². The summed E-state index contributed by atoms with van der Waals surface area (Å²) in [7, 11) is 0. The Labute approximate surface area is 213 Å². The van der Waals surface area contributed by atoms with Crippen LogP contribution >= 0.6 is 0 Å². The van der Waals surface area contributed by atoms with Crippen LogP contribution in [0.25, 0.3) is 55.2 Å². The molecule has 0 aliphatic heterocycles. The molecule has 6 rings (SSSR count). The van der Waals surface area contributed by atoms with Gasteiger partial charge in [-0.3, -0.25) is 0 Å². The molecule has 0 radical (unpaired) electrons. The second-order valence-corrected chi connectivity index (χ2v) is 11.0. The zero-order chi connectivity index (χ0) is 25.9. The van der Waals surface area contributed by atoms with Crippen molar-refractivity contribution in [1.29, 1.82) is 0 Å². The fourth-order valence-corrected chi connectivity index (χ4v) is 5.28. The lowest BCUT2D eigenvalue weighted by atomic mass is 9.86. The predicted molar refractivity (Wildman–Crippen MR) is 150 cm³/mol. The maximum atomic E-state index is 8.54. The Bertz CT molecular complexity index is 1820. The first-order valence-electron chi connectivity index (χ1n) is 13.0. The lowest BCUT2D eigenvalue weighted by molar-refractivity contribution is 0.411. The highest BCUT2D eigenvalue weighted by Crippen LogP contribution is 2.39. The highest BCUT2D eigenvalue weighted by molar-refractivity contribution is 6.09. The molecular weight excluding hydrogens is 440 g/mol. The van der Waals surface area contributed by atoms with E-state index in [1.165, 1.54) is 22.3 Å². The van der Waals surface area contributed by atoms with E-state index in [0.717, 1.165) is 44.8 Å². The monoisotopic (exact) mass is 471 g/mol. The van der Waals surface area contributed by atoms with Gasteiger partial charge in [0, 0.05) is 16.5 Å². The summed E-state index contributed by atoms with van der Waals surface area (Å²) in [6.45, 7) is 11.1. The van der Waals surface area contributed by atoms with E-state index in [1.54, 1.807) is 6.33 Å². The summed E-state index contributed by atoms with van der Waals surface area (Å²) < 4.78 is 15.1. The molecule has 0 saturated heterocycles. The second-order valence-electron chi connectivity index (χ2n) is 11.0. The Kier molecular flexibility index (Phi) is 4.92. The van der Waals surface area contributed by atoms with Gasteiger partial charge in [0.25, 0.3) is 0 Å². The van der Waals surface area contributed by atoms with Crippen molar-refractivity contribution in [2.75, 3.05) is 0 Å². The minimum atomic E-state index is 0.252. The Morgan fingerprint density at radius 3 is 2.39 bits per heavy atom. The molecule has 0 spiro atoms. The molecule has 0 unspecified atom stereocenters. The van der Waals surface area contributed by atoms with E-state index in [0.29, 0.717) is 17.3 Å². The van der Waals surface area contributed by atoms with Crippen molar-refractivity contribution in [3.8, 4) is 22.4 Å². The van der Waals surface area contributed by atoms with E-state index in [9.17, 15) is 0 Å². The zero-order valence-corrected chi connectivity index (χ0v) is 21.4. The first-order chi connectivity index (χ1) is 17.7. The lowest BCUT2D eigenvalue weighted by Crippen LogP contribution is -2.09. The van der Waals surface area contributed by atoms with Crippen molar-refractivity contribution < 1.29 is 5.79 Å². The van der Waals surface area contributed by atoms with Crippen LogP contribution in [-0.2, 0) is 6.42 Å². The number of hydrogen-bond acceptors (Lipinski definition) is 3. The summed E-state index contributed by atoms with van der Waals surface area (Å²) in [5, 5.41) is 2.91. The average molecular weight is 472 g/mol. The minimum Gasteiger partial charge on any atom is -0.452 e. The van der Waals surface area contributed by atoms with Gasteiger partial charge >= 0.3 is 0 Å². The van der Waals surface area contributed by atoms with E-state index in [2.05, 4.69) is 81.0 Å². The van der Waals surface area contributed by atoms with Crippen LogP contribution in [-0.4, -0.2) is 9.97 Å². The lowest BCUT2D eigenvalue weighted by Gasteiger charge is -2.19. The number of aryl methyl sites for hydroxylation is 2. The van der Waals surface area contributed by atoms with Gasteiger partial charge in [0.05, 0.1) is 1.37 Å². The number of aromatic nitrogens is 2. The van der Waals surface area contributed by atoms with Crippen LogP contribution < -0.4 is 0 Å². The number of hydrogen-bond donors (Lipinski definition) is 0. The zero-order valence-electron chi connectivity index (χ0n) is 22.4. The van der Waals surface area contributed by atoms with E-state index in [4.69, 9.17) is 5.79 Å². The van der Waals surface area contributed by atoms with Crippen molar-refractivity contribution in [3.05, 3.63) is 95.8 Å². The quantitative estimate of drug-likeness (QED) is 0.258. The van der Waals surface area contributed by atoms with Crippen molar-refractivity contribution in [2.24, 2.45) is 5.41 Å². The molecule has 0 aliphatic rings. The van der Waals surface area contributed by atoms with Gasteiger partial charge in [-0.2, -0.15) is 0 Å². The fraction of sp³-hybridized carbons (Fsp3) is 0.212. The molecule has 0 aliphatic carbocycles. The number of furan rings is 1. The minimum absolute atomic E-state index is 0.252. The summed E-state index contributed by atoms with van der Waals surface area (Å²) in [6.07, 6.45) is 2.64. The smallest absolute Gasteiger partial charge is 0.180 e. The number of nitrogens with zero attached hydrogens (tertiary/aromatic N) is 2. The Hall–Kier alpha value is -3.98. The molecule has 2 heterocycles. The van der Waals surface area contributed by atoms with Crippen LogP contribution in [0.15, 0.2) is 83.5 Å². The van der Waals surface area contributed by atoms with Crippen LogP contribution in [0.3, 0.4) is 0 Å². The molecular formula is C33H30N2O. The topological polar surface area (TPSA) is 38.9 Å². The Morgan fingerprint density at radius 2 is 1.61 bits per heavy atom. The van der Waals surface area contributed by atoms with Crippen LogP contribution in [0.5, 0.6) is 0 Å². The highest BCUT2D eigenvalue weighted by atomic mass is 16.3. The Balaban J connectivity index is 1.50. The Morgan fingerprint density at radius 1 is 0.833 bits per heavy atom. The van der Waals surface area contributed by atoms with Crippen LogP contribution in [0.1, 0.15) is 38.8 Å². The van der Waals surface area contributed by atoms with Crippen molar-refractivity contribution in [2.45, 2.75) is 41.0 Å². The van der Waals surface area contributed by atoms with Crippen LogP contribution in [0.2, 0.25) is 0 Å². The van der Waals surface area contributed by atoms with Gasteiger partial charge in [0.1, 0.15) is 23.1 Å². The summed E-state index contributed by atoms with van der Waals surface area (Å²) >= 11 is 0. The second kappa shape index (κ2) is 8.30. The molecule has 0 atom stereocenters. The van der Waals surface area contributed by atoms with E-state index in [-0.39, 0.29) is 5.41 Å². The van der Waals surface area contributed by atoms with Gasteiger partial charge < -0.3 is 4.42 Å². The fourth-order valence-electron chi connectivity index (χ4n) is 5.28. The normalized spacial score (nSPS) is 12.5. The molecule has 36 heavy (non-hydrogen) atoms. The first kappa shape index (κ1) is 21.3. The van der Waals surface area contributed by atoms with Gasteiger partial charge in [-0.1, -0.05) is 81.4 Å². The van der Waals surface area contributed by atoms with Gasteiger partial charge in [-0.25, -0.2) is 9.97 Å². The molecule has 0 bridgehead atoms. The number of fused-ring (bicyclic) bond motifs is 4. The van der Waals surface area contributed by atoms with Gasteiger partial charge in [0.2, 0.25) is 0 Å². The third-order valence-corrected chi connectivity index (χ3v) is 6.91. The van der Waals surface area contributed by atoms with Crippen LogP contribution in [0.4, 0.5) is 0 Å². The molecule has 4 aromatic carbocycles. The summed E-state index contributed by atoms with van der Waals surface area (Å²) in [6, 6.07) is 23.4.